The van der Waals surface area contributed by atoms with Gasteiger partial charge in [0.25, 0.3) is 5.91 Å². The summed E-state index contributed by atoms with van der Waals surface area (Å²) in [5.74, 6) is -0.256. The molecule has 1 saturated carbocycles. The number of carbonyl (C=O) groups excluding carboxylic acids is 1. The van der Waals surface area contributed by atoms with Gasteiger partial charge < -0.3 is 5.32 Å². The zero-order chi connectivity index (χ0) is 14.2. The van der Waals surface area contributed by atoms with Gasteiger partial charge in [0.1, 0.15) is 0 Å². The minimum atomic E-state index is -3.83. The van der Waals surface area contributed by atoms with Gasteiger partial charge in [0, 0.05) is 16.1 Å². The summed E-state index contributed by atoms with van der Waals surface area (Å²) in [4.78, 5) is 12.1. The number of amides is 1. The van der Waals surface area contributed by atoms with Crippen LogP contribution < -0.4 is 10.5 Å². The van der Waals surface area contributed by atoms with Gasteiger partial charge in [0.15, 0.2) is 0 Å². The van der Waals surface area contributed by atoms with Gasteiger partial charge in [-0.3, -0.25) is 4.79 Å². The Labute approximate surface area is 120 Å². The highest BCUT2D eigenvalue weighted by molar-refractivity contribution is 9.10. The minimum Gasteiger partial charge on any atom is -0.349 e. The van der Waals surface area contributed by atoms with Gasteiger partial charge in [-0.2, -0.15) is 0 Å². The second-order valence-electron chi connectivity index (χ2n) is 4.72. The Bertz CT molecular complexity index is 624. The molecule has 1 aliphatic carbocycles. The summed E-state index contributed by atoms with van der Waals surface area (Å²) >= 11 is 3.25. The average Bonchev–Trinajstić information content (AvgIpc) is 2.25. The van der Waals surface area contributed by atoms with E-state index >= 15 is 0 Å². The molecule has 1 aromatic rings. The Kier molecular flexibility index (Phi) is 3.98. The highest BCUT2D eigenvalue weighted by atomic mass is 79.9. The third-order valence-corrected chi connectivity index (χ3v) is 5.05. The van der Waals surface area contributed by atoms with E-state index in [1.165, 1.54) is 12.1 Å². The molecule has 104 valence electrons. The van der Waals surface area contributed by atoms with E-state index < -0.39 is 10.0 Å². The molecule has 1 fully saturated rings. The molecule has 0 atom stereocenters. The van der Waals surface area contributed by atoms with Crippen molar-refractivity contribution in [2.45, 2.75) is 37.1 Å². The maximum absolute atomic E-state index is 12.1. The maximum atomic E-state index is 12.1. The van der Waals surface area contributed by atoms with E-state index in [0.717, 1.165) is 19.3 Å². The summed E-state index contributed by atoms with van der Waals surface area (Å²) in [6, 6.07) is 2.93. The molecule has 0 aromatic heterocycles. The third kappa shape index (κ3) is 3.16. The van der Waals surface area contributed by atoms with E-state index in [9.17, 15) is 13.2 Å². The number of nitrogens with one attached hydrogen (secondary N) is 1. The number of hydrogen-bond donors (Lipinski definition) is 2. The van der Waals surface area contributed by atoms with Crippen LogP contribution in [-0.2, 0) is 10.0 Å². The van der Waals surface area contributed by atoms with E-state index in [4.69, 9.17) is 5.14 Å². The Morgan fingerprint density at radius 2 is 2.05 bits per heavy atom. The first-order valence-electron chi connectivity index (χ1n) is 5.93. The largest absolute Gasteiger partial charge is 0.349 e. The number of nitrogens with two attached hydrogens (primary N) is 1. The second-order valence-corrected chi connectivity index (χ2v) is 7.14. The number of carbonyl (C=O) groups is 1. The lowest BCUT2D eigenvalue weighted by Crippen LogP contribution is -2.39. The number of sulfonamides is 1. The van der Waals surface area contributed by atoms with Gasteiger partial charge in [-0.25, -0.2) is 13.6 Å². The van der Waals surface area contributed by atoms with E-state index in [1.807, 2.05) is 0 Å². The zero-order valence-electron chi connectivity index (χ0n) is 10.4. The van der Waals surface area contributed by atoms with Crippen molar-refractivity contribution in [2.75, 3.05) is 0 Å². The van der Waals surface area contributed by atoms with Crippen LogP contribution in [0.4, 0.5) is 0 Å². The highest BCUT2D eigenvalue weighted by Crippen LogP contribution is 2.25. The Morgan fingerprint density at radius 1 is 1.42 bits per heavy atom. The molecule has 19 heavy (non-hydrogen) atoms. The van der Waals surface area contributed by atoms with Crippen molar-refractivity contribution < 1.29 is 13.2 Å². The van der Waals surface area contributed by atoms with Crippen molar-refractivity contribution in [1.29, 1.82) is 0 Å². The summed E-state index contributed by atoms with van der Waals surface area (Å²) in [6.45, 7) is 1.76. The van der Waals surface area contributed by atoms with Gasteiger partial charge >= 0.3 is 0 Å². The first-order chi connectivity index (χ1) is 8.79. The summed E-state index contributed by atoms with van der Waals surface area (Å²) < 4.78 is 23.3. The summed E-state index contributed by atoms with van der Waals surface area (Å²) in [5.41, 5.74) is 1.04. The summed E-state index contributed by atoms with van der Waals surface area (Å²) in [6.07, 6.45) is 3.06. The predicted molar refractivity (Wildman–Crippen MR) is 75.4 cm³/mol. The zero-order valence-corrected chi connectivity index (χ0v) is 12.8. The van der Waals surface area contributed by atoms with E-state index in [0.29, 0.717) is 15.6 Å². The van der Waals surface area contributed by atoms with Crippen molar-refractivity contribution in [3.05, 3.63) is 27.7 Å². The van der Waals surface area contributed by atoms with Gasteiger partial charge in [-0.05, 0) is 43.9 Å². The monoisotopic (exact) mass is 346 g/mol. The molecule has 0 saturated heterocycles. The number of primary sulfonamides is 1. The number of hydrogen-bond acceptors (Lipinski definition) is 3. The van der Waals surface area contributed by atoms with Gasteiger partial charge in [-0.15, -0.1) is 0 Å². The molecule has 0 radical (unpaired) electrons. The highest BCUT2D eigenvalue weighted by Gasteiger charge is 2.23. The van der Waals surface area contributed by atoms with Crippen LogP contribution in [0.2, 0.25) is 0 Å². The lowest BCUT2D eigenvalue weighted by molar-refractivity contribution is 0.0916. The van der Waals surface area contributed by atoms with E-state index in [2.05, 4.69) is 21.2 Å². The quantitative estimate of drug-likeness (QED) is 0.872. The average molecular weight is 347 g/mol. The standard InChI is InChI=1S/C12H15BrN2O3S/c1-7-10(12(16)15-8-3-2-4-8)5-9(6-11(7)13)19(14,17)18/h5-6,8H,2-4H2,1H3,(H,15,16)(H2,14,17,18). The van der Waals surface area contributed by atoms with E-state index in [-0.39, 0.29) is 16.8 Å². The molecule has 5 nitrogen and oxygen atoms in total. The smallest absolute Gasteiger partial charge is 0.251 e. The first kappa shape index (κ1) is 14.5. The Hall–Kier alpha value is -0.920. The van der Waals surface area contributed by atoms with Crippen LogP contribution in [0, 0.1) is 6.92 Å². The van der Waals surface area contributed by atoms with Gasteiger partial charge in [0.05, 0.1) is 4.90 Å². The summed E-state index contributed by atoms with van der Waals surface area (Å²) in [5, 5.41) is 7.99. The topological polar surface area (TPSA) is 89.3 Å². The molecule has 3 N–H and O–H groups in total. The fourth-order valence-corrected chi connectivity index (χ4v) is 3.05. The fourth-order valence-electron chi connectivity index (χ4n) is 1.87. The SMILES string of the molecule is Cc1c(Br)cc(S(N)(=O)=O)cc1C(=O)NC1CCC1. The molecule has 0 spiro atoms. The third-order valence-electron chi connectivity index (χ3n) is 3.33. The van der Waals surface area contributed by atoms with Crippen LogP contribution in [0.3, 0.4) is 0 Å². The molecule has 2 rings (SSSR count). The predicted octanol–water partition coefficient (Wildman–Crippen LogP) is 1.69. The summed E-state index contributed by atoms with van der Waals surface area (Å²) in [7, 11) is -3.83. The molecule has 1 amide bonds. The molecule has 0 unspecified atom stereocenters. The molecular formula is C12H15BrN2O3S. The van der Waals surface area contributed by atoms with Crippen LogP contribution in [0.25, 0.3) is 0 Å². The first-order valence-corrected chi connectivity index (χ1v) is 8.27. The number of halogens is 1. The van der Waals surface area contributed by atoms with Crippen molar-refractivity contribution >= 4 is 31.9 Å². The van der Waals surface area contributed by atoms with Crippen molar-refractivity contribution in [1.82, 2.24) is 5.32 Å². The molecule has 1 aliphatic rings. The van der Waals surface area contributed by atoms with E-state index in [1.54, 1.807) is 6.92 Å². The minimum absolute atomic E-state index is 0.0660. The molecule has 7 heteroatoms. The lowest BCUT2D eigenvalue weighted by atomic mass is 9.92. The van der Waals surface area contributed by atoms with Crippen LogP contribution in [0.15, 0.2) is 21.5 Å². The van der Waals surface area contributed by atoms with Crippen LogP contribution in [0.1, 0.15) is 35.2 Å². The number of rotatable bonds is 3. The number of benzene rings is 1. The Morgan fingerprint density at radius 3 is 2.53 bits per heavy atom. The molecule has 0 aliphatic heterocycles. The molecule has 0 heterocycles. The molecule has 0 bridgehead atoms. The second kappa shape index (κ2) is 5.22. The van der Waals surface area contributed by atoms with Crippen LogP contribution in [0.5, 0.6) is 0 Å². The normalized spacial score (nSPS) is 15.9. The van der Waals surface area contributed by atoms with Crippen molar-refractivity contribution in [3.63, 3.8) is 0 Å². The van der Waals surface area contributed by atoms with Crippen molar-refractivity contribution in [3.8, 4) is 0 Å². The molecule has 1 aromatic carbocycles. The van der Waals surface area contributed by atoms with Crippen LogP contribution in [-0.4, -0.2) is 20.4 Å². The Balaban J connectivity index is 2.37. The maximum Gasteiger partial charge on any atom is 0.251 e. The fraction of sp³-hybridized carbons (Fsp3) is 0.417. The van der Waals surface area contributed by atoms with Gasteiger partial charge in [0.2, 0.25) is 10.0 Å². The van der Waals surface area contributed by atoms with Crippen LogP contribution >= 0.6 is 15.9 Å². The molecular weight excluding hydrogens is 332 g/mol. The van der Waals surface area contributed by atoms with Gasteiger partial charge in [-0.1, -0.05) is 15.9 Å². The van der Waals surface area contributed by atoms with Crippen molar-refractivity contribution in [2.24, 2.45) is 5.14 Å². The lowest BCUT2D eigenvalue weighted by Gasteiger charge is -2.26.